The van der Waals surface area contributed by atoms with Crippen molar-refractivity contribution in [3.63, 3.8) is 0 Å². The number of carbonyl (C=O) groups excluding carboxylic acids is 1. The molecule has 2 unspecified atom stereocenters. The molecule has 0 saturated carbocycles. The van der Waals surface area contributed by atoms with Gasteiger partial charge in [0.1, 0.15) is 0 Å². The lowest BCUT2D eigenvalue weighted by Crippen LogP contribution is -2.57. The second kappa shape index (κ2) is 9.97. The molecule has 1 aliphatic heterocycles. The summed E-state index contributed by atoms with van der Waals surface area (Å²) in [7, 11) is -4.20. The van der Waals surface area contributed by atoms with Crippen LogP contribution in [0.5, 0.6) is 0 Å². The Morgan fingerprint density at radius 1 is 1.14 bits per heavy atom. The highest BCUT2D eigenvalue weighted by Crippen LogP contribution is 2.63. The molecule has 1 heterocycles. The minimum Gasteiger partial charge on any atom is -0.336 e. The van der Waals surface area contributed by atoms with Crippen LogP contribution in [0.1, 0.15) is 18.9 Å². The van der Waals surface area contributed by atoms with Crippen LogP contribution in [-0.2, 0) is 19.7 Å². The summed E-state index contributed by atoms with van der Waals surface area (Å²) in [4.78, 5) is 13.0. The van der Waals surface area contributed by atoms with Crippen molar-refractivity contribution in [3.8, 4) is 0 Å². The summed E-state index contributed by atoms with van der Waals surface area (Å²) < 4.78 is 117. The first kappa shape index (κ1) is 29.6. The molecule has 3 rings (SSSR count). The van der Waals surface area contributed by atoms with Gasteiger partial charge in [-0.25, -0.2) is 4.79 Å². The second-order valence-corrected chi connectivity index (χ2v) is 11.4. The Morgan fingerprint density at radius 2 is 1.78 bits per heavy atom. The van der Waals surface area contributed by atoms with Crippen LogP contribution in [0.15, 0.2) is 41.5 Å². The van der Waals surface area contributed by atoms with Crippen LogP contribution in [0.3, 0.4) is 0 Å². The number of nitrogens with zero attached hydrogens (tertiary/aromatic N) is 1. The Balaban J connectivity index is 2.34. The van der Waals surface area contributed by atoms with E-state index in [1.165, 1.54) is 0 Å². The maximum Gasteiger partial charge on any atom is 0.413 e. The predicted molar refractivity (Wildman–Crippen MR) is 125 cm³/mol. The first-order chi connectivity index (χ1) is 16.8. The van der Waals surface area contributed by atoms with E-state index in [2.05, 4.69) is 9.50 Å². The Bertz CT molecular complexity index is 1250. The topological polar surface area (TPSA) is 75.7 Å². The molecule has 2 amide bonds. The number of allylic oxidation sites excluding steroid dienone is 2. The average molecular weight is 595 g/mol. The van der Waals surface area contributed by atoms with Crippen LogP contribution >= 0.6 is 23.2 Å². The fourth-order valence-corrected chi connectivity index (χ4v) is 5.53. The zero-order valence-corrected chi connectivity index (χ0v) is 21.8. The summed E-state index contributed by atoms with van der Waals surface area (Å²) in [5.41, 5.74) is -8.64. The third-order valence-electron chi connectivity index (χ3n) is 6.55. The smallest absolute Gasteiger partial charge is 0.336 e. The fraction of sp³-hybridized carbons (Fsp3) is 0.500. The van der Waals surface area contributed by atoms with Gasteiger partial charge in [0.15, 0.2) is 0 Å². The number of carbonyl (C=O) groups is 1. The van der Waals surface area contributed by atoms with Crippen molar-refractivity contribution in [1.29, 1.82) is 0 Å². The number of amides is 2. The molecule has 1 N–H and O–H groups in total. The number of benzene rings is 1. The van der Waals surface area contributed by atoms with E-state index in [4.69, 9.17) is 23.2 Å². The lowest BCUT2D eigenvalue weighted by molar-refractivity contribution is -0.228. The van der Waals surface area contributed by atoms with Crippen molar-refractivity contribution in [3.05, 3.63) is 57.1 Å². The fourth-order valence-electron chi connectivity index (χ4n) is 4.85. The molecule has 1 aliphatic carbocycles. The Hall–Kier alpha value is -1.96. The molecule has 37 heavy (non-hydrogen) atoms. The first-order valence-corrected chi connectivity index (χ1v) is 13.3. The third kappa shape index (κ3) is 5.74. The zero-order chi connectivity index (χ0) is 28.0. The molecule has 1 fully saturated rings. The van der Waals surface area contributed by atoms with Crippen LogP contribution in [0, 0.1) is 5.41 Å². The van der Waals surface area contributed by atoms with E-state index < -0.39 is 70.0 Å². The largest absolute Gasteiger partial charge is 0.413 e. The summed E-state index contributed by atoms with van der Waals surface area (Å²) >= 11 is 11.9. The minimum absolute atomic E-state index is 0.0915. The molecule has 15 heteroatoms. The summed E-state index contributed by atoms with van der Waals surface area (Å²) in [6.07, 6.45) is -9.78. The number of alkyl halides is 6. The van der Waals surface area contributed by atoms with Gasteiger partial charge in [-0.15, -0.1) is 0 Å². The minimum atomic E-state index is -5.31. The monoisotopic (exact) mass is 594 g/mol. The quantitative estimate of drug-likeness (QED) is 0.328. The zero-order valence-electron chi connectivity index (χ0n) is 19.4. The van der Waals surface area contributed by atoms with E-state index in [9.17, 15) is 39.6 Å². The Kier molecular flexibility index (Phi) is 7.98. The van der Waals surface area contributed by atoms with Gasteiger partial charge in [-0.1, -0.05) is 35.3 Å². The lowest BCUT2D eigenvalue weighted by Gasteiger charge is -2.52. The standard InChI is InChI=1S/C22H22Cl2F6N2O4S/c1-19(22(28,29)30)11-13(12-32-7-6-31-18(32)33)9-17(21(25,26)27)20(19,5-8-36-37(2,34)35)14-3-4-15(23)16(24)10-14/h3-4,9-11H,5-8,12H2,1-2H3,(H,31,33). The van der Waals surface area contributed by atoms with Crippen LogP contribution in [0.2, 0.25) is 10.0 Å². The molecule has 206 valence electrons. The average Bonchev–Trinajstić information content (AvgIpc) is 3.13. The second-order valence-electron chi connectivity index (χ2n) is 8.94. The molecule has 1 aromatic rings. The van der Waals surface area contributed by atoms with Gasteiger partial charge in [0.05, 0.1) is 28.3 Å². The van der Waals surface area contributed by atoms with Crippen LogP contribution < -0.4 is 5.32 Å². The molecular formula is C22H22Cl2F6N2O4S. The number of urea groups is 1. The van der Waals surface area contributed by atoms with E-state index in [-0.39, 0.29) is 28.7 Å². The first-order valence-electron chi connectivity index (χ1n) is 10.7. The lowest BCUT2D eigenvalue weighted by atomic mass is 9.52. The van der Waals surface area contributed by atoms with Gasteiger partial charge in [0.2, 0.25) is 0 Å². The molecule has 0 radical (unpaired) electrons. The molecule has 6 nitrogen and oxygen atoms in total. The van der Waals surface area contributed by atoms with Crippen LogP contribution in [0.4, 0.5) is 31.1 Å². The van der Waals surface area contributed by atoms with E-state index in [1.807, 2.05) is 0 Å². The maximum absolute atomic E-state index is 14.9. The molecule has 2 atom stereocenters. The molecule has 0 spiro atoms. The van der Waals surface area contributed by atoms with Gasteiger partial charge >= 0.3 is 18.4 Å². The van der Waals surface area contributed by atoms with Crippen LogP contribution in [-0.4, -0.2) is 64.2 Å². The van der Waals surface area contributed by atoms with Crippen molar-refractivity contribution in [2.75, 3.05) is 32.5 Å². The Labute approximate surface area is 219 Å². The van der Waals surface area contributed by atoms with Crippen molar-refractivity contribution < 1.29 is 43.7 Å². The summed E-state index contributed by atoms with van der Waals surface area (Å²) in [6, 6.07) is 2.34. The third-order valence-corrected chi connectivity index (χ3v) is 7.88. The maximum atomic E-state index is 14.9. The van der Waals surface area contributed by atoms with Gasteiger partial charge < -0.3 is 10.2 Å². The molecule has 2 aliphatic rings. The van der Waals surface area contributed by atoms with Crippen molar-refractivity contribution >= 4 is 39.4 Å². The number of halogens is 8. The molecule has 0 bridgehead atoms. The molecule has 1 saturated heterocycles. The number of hydrogen-bond acceptors (Lipinski definition) is 4. The van der Waals surface area contributed by atoms with Crippen molar-refractivity contribution in [2.24, 2.45) is 5.41 Å². The highest BCUT2D eigenvalue weighted by Gasteiger charge is 2.69. The van der Waals surface area contributed by atoms with Gasteiger partial charge in [0, 0.05) is 30.6 Å². The SMILES string of the molecule is CC1(C(F)(F)F)C=C(CN2CCNC2=O)C=C(C(F)(F)F)C1(CCOS(C)(=O)=O)c1ccc(Cl)c(Cl)c1. The van der Waals surface area contributed by atoms with E-state index in [0.717, 1.165) is 23.1 Å². The summed E-state index contributed by atoms with van der Waals surface area (Å²) in [5.74, 6) is 0. The van der Waals surface area contributed by atoms with Crippen molar-refractivity contribution in [1.82, 2.24) is 10.2 Å². The number of nitrogens with one attached hydrogen (secondary N) is 1. The van der Waals surface area contributed by atoms with Crippen LogP contribution in [0.25, 0.3) is 0 Å². The van der Waals surface area contributed by atoms with E-state index >= 15 is 0 Å². The molecular weight excluding hydrogens is 573 g/mol. The normalized spacial score (nSPS) is 25.1. The summed E-state index contributed by atoms with van der Waals surface area (Å²) in [5, 5.41) is 2.04. The highest BCUT2D eigenvalue weighted by atomic mass is 35.5. The Morgan fingerprint density at radius 3 is 2.27 bits per heavy atom. The molecule has 1 aromatic carbocycles. The van der Waals surface area contributed by atoms with E-state index in [0.29, 0.717) is 25.3 Å². The highest BCUT2D eigenvalue weighted by molar-refractivity contribution is 7.85. The summed E-state index contributed by atoms with van der Waals surface area (Å²) in [6.45, 7) is -0.619. The van der Waals surface area contributed by atoms with Gasteiger partial charge in [0.25, 0.3) is 10.1 Å². The van der Waals surface area contributed by atoms with E-state index in [1.54, 1.807) is 0 Å². The predicted octanol–water partition coefficient (Wildman–Crippen LogP) is 5.62. The number of hydrogen-bond donors (Lipinski definition) is 1. The van der Waals surface area contributed by atoms with Crippen molar-refractivity contribution in [2.45, 2.75) is 31.1 Å². The molecule has 0 aromatic heterocycles. The van der Waals surface area contributed by atoms with Gasteiger partial charge in [-0.3, -0.25) is 4.18 Å². The van der Waals surface area contributed by atoms with Gasteiger partial charge in [-0.05, 0) is 42.7 Å². The van der Waals surface area contributed by atoms with Gasteiger partial charge in [-0.2, -0.15) is 34.8 Å². The number of rotatable bonds is 7.